The number of esters is 2. The minimum absolute atomic E-state index is 0.176. The summed E-state index contributed by atoms with van der Waals surface area (Å²) >= 11 is 0. The predicted octanol–water partition coefficient (Wildman–Crippen LogP) is 7.61. The number of hydrogen-bond donors (Lipinski definition) is 0. The topological polar surface area (TPSA) is 71.1 Å². The van der Waals surface area contributed by atoms with Gasteiger partial charge >= 0.3 is 11.9 Å². The molecule has 0 spiro atoms. The molecule has 0 unspecified atom stereocenters. The van der Waals surface area contributed by atoms with Gasteiger partial charge in [0.2, 0.25) is 0 Å². The number of unbranched alkanes of at least 4 members (excludes halogenated alkanes) is 6. The number of carbonyl (C=O) groups is 2. The summed E-state index contributed by atoms with van der Waals surface area (Å²) < 4.78 is 23.0. The molecule has 0 bridgehead atoms. The molecule has 0 saturated heterocycles. The van der Waals surface area contributed by atoms with E-state index in [-0.39, 0.29) is 25.2 Å². The van der Waals surface area contributed by atoms with Crippen molar-refractivity contribution >= 4 is 33.5 Å². The fourth-order valence-corrected chi connectivity index (χ4v) is 4.46. The molecule has 3 aromatic rings. The SMILES string of the molecule is CCCCCCOC(=O)COc1c2ccc(C)cc2c(OCC(=O)OCCCCCC)c2ccc(C)cc12. The highest BCUT2D eigenvalue weighted by molar-refractivity contribution is 6.11. The number of fused-ring (bicyclic) bond motifs is 2. The van der Waals surface area contributed by atoms with Gasteiger partial charge in [-0.3, -0.25) is 0 Å². The van der Waals surface area contributed by atoms with Gasteiger partial charge in [0.15, 0.2) is 13.2 Å². The molecule has 0 aliphatic carbocycles. The summed E-state index contributed by atoms with van der Waals surface area (Å²) in [5.74, 6) is 0.439. The lowest BCUT2D eigenvalue weighted by molar-refractivity contribution is -0.147. The van der Waals surface area contributed by atoms with Crippen molar-refractivity contribution in [3.05, 3.63) is 47.5 Å². The normalized spacial score (nSPS) is 11.1. The van der Waals surface area contributed by atoms with Crippen LogP contribution in [0.15, 0.2) is 36.4 Å². The Hall–Kier alpha value is -3.28. The van der Waals surface area contributed by atoms with Crippen molar-refractivity contribution in [1.82, 2.24) is 0 Å². The molecule has 0 radical (unpaired) electrons. The number of benzene rings is 3. The van der Waals surface area contributed by atoms with Crippen LogP contribution in [0.1, 0.15) is 76.3 Å². The van der Waals surface area contributed by atoms with Gasteiger partial charge in [0, 0.05) is 21.5 Å². The third-order valence-corrected chi connectivity index (χ3v) is 6.52. The summed E-state index contributed by atoms with van der Waals surface area (Å²) in [6.45, 7) is 8.76. The van der Waals surface area contributed by atoms with E-state index in [1.54, 1.807) is 0 Å². The van der Waals surface area contributed by atoms with E-state index in [1.807, 2.05) is 50.2 Å². The lowest BCUT2D eigenvalue weighted by Crippen LogP contribution is -2.17. The van der Waals surface area contributed by atoms with Crippen LogP contribution >= 0.6 is 0 Å². The van der Waals surface area contributed by atoms with Crippen LogP contribution in [-0.4, -0.2) is 38.4 Å². The molecule has 0 heterocycles. The number of aryl methyl sites for hydroxylation is 2. The Morgan fingerprint density at radius 1 is 0.579 bits per heavy atom. The lowest BCUT2D eigenvalue weighted by Gasteiger charge is -2.18. The van der Waals surface area contributed by atoms with Crippen LogP contribution in [0.25, 0.3) is 21.5 Å². The zero-order valence-corrected chi connectivity index (χ0v) is 23.4. The van der Waals surface area contributed by atoms with E-state index < -0.39 is 0 Å². The van der Waals surface area contributed by atoms with Crippen LogP contribution in [-0.2, 0) is 19.1 Å². The summed E-state index contributed by atoms with van der Waals surface area (Å²) in [5, 5.41) is 3.26. The van der Waals surface area contributed by atoms with Gasteiger partial charge in [0.25, 0.3) is 0 Å². The van der Waals surface area contributed by atoms with E-state index in [9.17, 15) is 9.59 Å². The molecule has 0 aliphatic rings. The Labute approximate surface area is 226 Å². The molecular weight excluding hydrogens is 480 g/mol. The first kappa shape index (κ1) is 29.3. The Morgan fingerprint density at radius 2 is 1.00 bits per heavy atom. The van der Waals surface area contributed by atoms with Crippen LogP contribution in [0.3, 0.4) is 0 Å². The number of hydrogen-bond acceptors (Lipinski definition) is 6. The number of carbonyl (C=O) groups excluding carboxylic acids is 2. The first-order valence-corrected chi connectivity index (χ1v) is 14.0. The molecule has 0 aromatic heterocycles. The molecule has 6 heteroatoms. The Bertz CT molecular complexity index is 1120. The number of ether oxygens (including phenoxy) is 4. The molecular formula is C32H42O6. The van der Waals surface area contributed by atoms with Gasteiger partial charge in [0.05, 0.1) is 13.2 Å². The molecule has 206 valence electrons. The second-order valence-electron chi connectivity index (χ2n) is 9.90. The molecule has 0 N–H and O–H groups in total. The summed E-state index contributed by atoms with van der Waals surface area (Å²) in [4.78, 5) is 24.8. The molecule has 0 fully saturated rings. The smallest absolute Gasteiger partial charge is 0.344 e. The fourth-order valence-electron chi connectivity index (χ4n) is 4.46. The van der Waals surface area contributed by atoms with Crippen LogP contribution in [0.5, 0.6) is 11.5 Å². The highest BCUT2D eigenvalue weighted by Crippen LogP contribution is 2.43. The molecule has 38 heavy (non-hydrogen) atoms. The molecule has 0 saturated carbocycles. The van der Waals surface area contributed by atoms with Gasteiger partial charge in [-0.2, -0.15) is 0 Å². The van der Waals surface area contributed by atoms with Gasteiger partial charge in [-0.15, -0.1) is 0 Å². The average Bonchev–Trinajstić information content (AvgIpc) is 2.90. The third kappa shape index (κ3) is 8.37. The van der Waals surface area contributed by atoms with E-state index in [2.05, 4.69) is 13.8 Å². The maximum absolute atomic E-state index is 12.4. The molecule has 0 aliphatic heterocycles. The molecule has 3 rings (SSSR count). The average molecular weight is 523 g/mol. The highest BCUT2D eigenvalue weighted by Gasteiger charge is 2.19. The van der Waals surface area contributed by atoms with Gasteiger partial charge in [-0.1, -0.05) is 87.8 Å². The Morgan fingerprint density at radius 3 is 1.39 bits per heavy atom. The maximum atomic E-state index is 12.4. The van der Waals surface area contributed by atoms with Crippen molar-refractivity contribution in [1.29, 1.82) is 0 Å². The van der Waals surface area contributed by atoms with Crippen LogP contribution in [0, 0.1) is 13.8 Å². The zero-order chi connectivity index (χ0) is 27.3. The number of rotatable bonds is 16. The second kappa shape index (κ2) is 15.2. The fraction of sp³-hybridized carbons (Fsp3) is 0.500. The first-order chi connectivity index (χ1) is 18.4. The zero-order valence-electron chi connectivity index (χ0n) is 23.4. The Balaban J connectivity index is 1.83. The quantitative estimate of drug-likeness (QED) is 0.109. The molecule has 3 aromatic carbocycles. The van der Waals surface area contributed by atoms with E-state index in [1.165, 1.54) is 0 Å². The van der Waals surface area contributed by atoms with Crippen LogP contribution < -0.4 is 9.47 Å². The summed E-state index contributed by atoms with van der Waals surface area (Å²) in [5.41, 5.74) is 2.09. The summed E-state index contributed by atoms with van der Waals surface area (Å²) in [6, 6.07) is 12.0. The maximum Gasteiger partial charge on any atom is 0.344 e. The van der Waals surface area contributed by atoms with Gasteiger partial charge in [0.1, 0.15) is 11.5 Å². The van der Waals surface area contributed by atoms with Gasteiger partial charge < -0.3 is 18.9 Å². The monoisotopic (exact) mass is 522 g/mol. The van der Waals surface area contributed by atoms with E-state index in [0.717, 1.165) is 84.0 Å². The first-order valence-electron chi connectivity index (χ1n) is 14.0. The van der Waals surface area contributed by atoms with Crippen molar-refractivity contribution < 1.29 is 28.5 Å². The largest absolute Gasteiger partial charge is 0.481 e. The van der Waals surface area contributed by atoms with E-state index >= 15 is 0 Å². The minimum Gasteiger partial charge on any atom is -0.481 e. The van der Waals surface area contributed by atoms with E-state index in [4.69, 9.17) is 18.9 Å². The molecule has 0 amide bonds. The molecule has 0 atom stereocenters. The van der Waals surface area contributed by atoms with Gasteiger partial charge in [-0.05, 0) is 38.8 Å². The lowest BCUT2D eigenvalue weighted by atomic mass is 9.98. The van der Waals surface area contributed by atoms with Crippen molar-refractivity contribution in [3.63, 3.8) is 0 Å². The summed E-state index contributed by atoms with van der Waals surface area (Å²) in [7, 11) is 0. The predicted molar refractivity (Wildman–Crippen MR) is 152 cm³/mol. The van der Waals surface area contributed by atoms with Crippen molar-refractivity contribution in [2.45, 2.75) is 79.1 Å². The van der Waals surface area contributed by atoms with E-state index in [0.29, 0.717) is 24.7 Å². The third-order valence-electron chi connectivity index (χ3n) is 6.52. The minimum atomic E-state index is -0.385. The van der Waals surface area contributed by atoms with Gasteiger partial charge in [-0.25, -0.2) is 9.59 Å². The van der Waals surface area contributed by atoms with Crippen LogP contribution in [0.4, 0.5) is 0 Å². The highest BCUT2D eigenvalue weighted by atomic mass is 16.6. The van der Waals surface area contributed by atoms with Crippen molar-refractivity contribution in [2.75, 3.05) is 26.4 Å². The Kier molecular flexibility index (Phi) is 11.7. The van der Waals surface area contributed by atoms with Crippen LogP contribution in [0.2, 0.25) is 0 Å². The van der Waals surface area contributed by atoms with Crippen molar-refractivity contribution in [2.24, 2.45) is 0 Å². The molecule has 6 nitrogen and oxygen atoms in total. The van der Waals surface area contributed by atoms with Crippen molar-refractivity contribution in [3.8, 4) is 11.5 Å². The standard InChI is InChI=1S/C32H42O6/c1-5-7-9-11-17-35-29(33)21-37-31-25-15-13-24(4)20-28(25)32(26-16-14-23(3)19-27(26)31)38-22-30(34)36-18-12-10-8-6-2/h13-16,19-20H,5-12,17-18,21-22H2,1-4H3. The second-order valence-corrected chi connectivity index (χ2v) is 9.90. The summed E-state index contributed by atoms with van der Waals surface area (Å²) in [6.07, 6.45) is 8.35.